The van der Waals surface area contributed by atoms with Gasteiger partial charge >= 0.3 is 0 Å². The number of carbonyl (C=O) groups is 1. The molecule has 5 N–H and O–H groups in total. The van der Waals surface area contributed by atoms with Gasteiger partial charge in [0.25, 0.3) is 0 Å². The monoisotopic (exact) mass is 506 g/mol. The van der Waals surface area contributed by atoms with Crippen LogP contribution in [0.1, 0.15) is 30.0 Å². The summed E-state index contributed by atoms with van der Waals surface area (Å²) in [4.78, 5) is 17.2. The number of carbonyl (C=O) groups excluding carboxylic acids is 1. The van der Waals surface area contributed by atoms with Gasteiger partial charge in [-0.1, -0.05) is 48.5 Å². The molecular formula is C24H22N6O3S2. The van der Waals surface area contributed by atoms with Crippen LogP contribution < -0.4 is 16.2 Å². The number of nitrogens with two attached hydrogens (primary N) is 2. The van der Waals surface area contributed by atoms with Crippen LogP contribution in [-0.4, -0.2) is 24.6 Å². The lowest BCUT2D eigenvalue weighted by Crippen LogP contribution is -2.25. The first-order chi connectivity index (χ1) is 16.6. The molecule has 0 aliphatic rings. The first-order valence-corrected chi connectivity index (χ1v) is 12.8. The van der Waals surface area contributed by atoms with Crippen molar-refractivity contribution < 1.29 is 13.2 Å². The number of aryl methyl sites for hydroxylation is 1. The third-order valence-electron chi connectivity index (χ3n) is 5.12. The largest absolute Gasteiger partial charge is 0.383 e. The number of hydrogen-bond donors (Lipinski definition) is 3. The van der Waals surface area contributed by atoms with Gasteiger partial charge in [-0.3, -0.25) is 4.79 Å². The molecule has 0 aliphatic carbocycles. The van der Waals surface area contributed by atoms with E-state index >= 15 is 0 Å². The predicted octanol–water partition coefficient (Wildman–Crippen LogP) is 3.54. The van der Waals surface area contributed by atoms with Crippen LogP contribution in [0.3, 0.4) is 0 Å². The molecule has 0 spiro atoms. The first-order valence-electron chi connectivity index (χ1n) is 10.4. The molecular weight excluding hydrogens is 484 g/mol. The Hall–Kier alpha value is -3.90. The van der Waals surface area contributed by atoms with Crippen molar-refractivity contribution in [3.05, 3.63) is 65.2 Å². The average Bonchev–Trinajstić information content (AvgIpc) is 2.82. The number of nitrogens with one attached hydrogen (secondary N) is 1. The van der Waals surface area contributed by atoms with Crippen LogP contribution in [-0.2, 0) is 14.8 Å². The normalized spacial score (nSPS) is 11.8. The number of pyridine rings is 1. The lowest BCUT2D eigenvalue weighted by atomic mass is 9.96. The number of amides is 1. The van der Waals surface area contributed by atoms with Gasteiger partial charge in [0.1, 0.15) is 28.5 Å². The highest BCUT2D eigenvalue weighted by Crippen LogP contribution is 2.37. The Kier molecular flexibility index (Phi) is 7.77. The third kappa shape index (κ3) is 5.78. The van der Waals surface area contributed by atoms with Gasteiger partial charge in [-0.15, -0.1) is 0 Å². The number of nitrogen functional groups attached to an aromatic ring is 1. The zero-order valence-corrected chi connectivity index (χ0v) is 20.6. The van der Waals surface area contributed by atoms with Crippen molar-refractivity contribution in [2.75, 3.05) is 11.1 Å². The number of sulfonamides is 1. The molecule has 1 atom stereocenters. The Labute approximate surface area is 207 Å². The van der Waals surface area contributed by atoms with Gasteiger partial charge in [0.2, 0.25) is 15.9 Å². The summed E-state index contributed by atoms with van der Waals surface area (Å²) in [5.41, 5.74) is 8.75. The SMILES string of the molecule is CCC(Sc1nc(N)c(C#N)c(-c2ccc(C)cc2)c1C#N)C(=O)Nc1ccc(S(N)(=O)=O)cc1. The van der Waals surface area contributed by atoms with Crippen molar-refractivity contribution in [1.29, 1.82) is 10.5 Å². The van der Waals surface area contributed by atoms with Crippen LogP contribution >= 0.6 is 11.8 Å². The molecule has 178 valence electrons. The maximum absolute atomic E-state index is 13.0. The quantitative estimate of drug-likeness (QED) is 0.407. The minimum Gasteiger partial charge on any atom is -0.383 e. The van der Waals surface area contributed by atoms with E-state index in [4.69, 9.17) is 10.9 Å². The number of anilines is 2. The summed E-state index contributed by atoms with van der Waals surface area (Å²) in [5, 5.41) is 27.1. The summed E-state index contributed by atoms with van der Waals surface area (Å²) in [6, 6.07) is 17.0. The first kappa shape index (κ1) is 25.7. The van der Waals surface area contributed by atoms with Crippen molar-refractivity contribution in [2.45, 2.75) is 35.4 Å². The van der Waals surface area contributed by atoms with Crippen LogP contribution in [0.2, 0.25) is 0 Å². The number of aromatic nitrogens is 1. The summed E-state index contributed by atoms with van der Waals surface area (Å²) in [7, 11) is -3.85. The van der Waals surface area contributed by atoms with E-state index in [0.717, 1.165) is 17.3 Å². The molecule has 3 aromatic rings. The molecule has 9 nitrogen and oxygen atoms in total. The second-order valence-corrected chi connectivity index (χ2v) is 10.3. The summed E-state index contributed by atoms with van der Waals surface area (Å²) in [6.45, 7) is 3.73. The van der Waals surface area contributed by atoms with Crippen molar-refractivity contribution in [2.24, 2.45) is 5.14 Å². The van der Waals surface area contributed by atoms with Gasteiger partial charge < -0.3 is 11.1 Å². The van der Waals surface area contributed by atoms with Gasteiger partial charge in [-0.2, -0.15) is 10.5 Å². The van der Waals surface area contributed by atoms with E-state index in [-0.39, 0.29) is 32.8 Å². The van der Waals surface area contributed by atoms with E-state index in [1.165, 1.54) is 24.3 Å². The van der Waals surface area contributed by atoms with Crippen LogP contribution in [0, 0.1) is 29.6 Å². The van der Waals surface area contributed by atoms with E-state index in [0.29, 0.717) is 23.2 Å². The van der Waals surface area contributed by atoms with Crippen molar-refractivity contribution in [3.8, 4) is 23.3 Å². The maximum atomic E-state index is 13.0. The molecule has 1 aromatic heterocycles. The van der Waals surface area contributed by atoms with Crippen LogP contribution in [0.5, 0.6) is 0 Å². The predicted molar refractivity (Wildman–Crippen MR) is 135 cm³/mol. The Morgan fingerprint density at radius 2 is 1.69 bits per heavy atom. The smallest absolute Gasteiger partial charge is 0.238 e. The Morgan fingerprint density at radius 3 is 2.20 bits per heavy atom. The molecule has 0 radical (unpaired) electrons. The lowest BCUT2D eigenvalue weighted by Gasteiger charge is -2.18. The molecule has 11 heteroatoms. The Balaban J connectivity index is 1.95. The fourth-order valence-electron chi connectivity index (χ4n) is 3.30. The fraction of sp³-hybridized carbons (Fsp3) is 0.167. The minimum absolute atomic E-state index is 0.0292. The number of nitriles is 2. The molecule has 0 bridgehead atoms. The maximum Gasteiger partial charge on any atom is 0.238 e. The Bertz CT molecular complexity index is 1460. The highest BCUT2D eigenvalue weighted by atomic mass is 32.2. The summed E-state index contributed by atoms with van der Waals surface area (Å²) in [6.07, 6.45) is 0.401. The van der Waals surface area contributed by atoms with E-state index in [2.05, 4.69) is 16.4 Å². The van der Waals surface area contributed by atoms with Gasteiger partial charge in [-0.25, -0.2) is 18.5 Å². The average molecular weight is 507 g/mol. The zero-order chi connectivity index (χ0) is 25.8. The summed E-state index contributed by atoms with van der Waals surface area (Å²) < 4.78 is 22.9. The van der Waals surface area contributed by atoms with Crippen LogP contribution in [0.25, 0.3) is 11.1 Å². The highest BCUT2D eigenvalue weighted by Gasteiger charge is 2.25. The summed E-state index contributed by atoms with van der Waals surface area (Å²) >= 11 is 1.07. The number of thioether (sulfide) groups is 1. The van der Waals surface area contributed by atoms with Crippen LogP contribution in [0.4, 0.5) is 11.5 Å². The molecule has 0 aliphatic heterocycles. The number of hydrogen-bond acceptors (Lipinski definition) is 8. The van der Waals surface area contributed by atoms with E-state index < -0.39 is 15.3 Å². The molecule has 2 aromatic carbocycles. The second kappa shape index (κ2) is 10.6. The zero-order valence-electron chi connectivity index (χ0n) is 18.9. The van der Waals surface area contributed by atoms with E-state index in [1.807, 2.05) is 25.1 Å². The number of rotatable bonds is 7. The van der Waals surface area contributed by atoms with E-state index in [1.54, 1.807) is 19.1 Å². The van der Waals surface area contributed by atoms with Gasteiger partial charge in [-0.05, 0) is 43.2 Å². The van der Waals surface area contributed by atoms with Gasteiger partial charge in [0.05, 0.1) is 15.7 Å². The van der Waals surface area contributed by atoms with Gasteiger partial charge in [0.15, 0.2) is 0 Å². The fourth-order valence-corrected chi connectivity index (χ4v) is 4.83. The van der Waals surface area contributed by atoms with E-state index in [9.17, 15) is 23.7 Å². The molecule has 3 rings (SSSR count). The topological polar surface area (TPSA) is 176 Å². The number of primary sulfonamides is 1. The summed E-state index contributed by atoms with van der Waals surface area (Å²) in [5.74, 6) is -0.398. The molecule has 1 heterocycles. The van der Waals surface area contributed by atoms with Crippen molar-refractivity contribution >= 4 is 39.2 Å². The number of nitrogens with zero attached hydrogens (tertiary/aromatic N) is 3. The molecule has 0 saturated carbocycles. The molecule has 1 unspecified atom stereocenters. The van der Waals surface area contributed by atoms with Crippen molar-refractivity contribution in [1.82, 2.24) is 4.98 Å². The Morgan fingerprint density at radius 1 is 1.09 bits per heavy atom. The van der Waals surface area contributed by atoms with Crippen LogP contribution in [0.15, 0.2) is 58.5 Å². The standard InChI is InChI=1S/C24H22N6O3S2/c1-3-20(23(31)29-16-8-10-17(11-9-16)35(28,32)33)34-24-19(13-26)21(18(12-25)22(27)30-24)15-6-4-14(2)5-7-15/h4-11,20H,3H2,1-2H3,(H2,27,30)(H,29,31)(H2,28,32,33). The van der Waals surface area contributed by atoms with Gasteiger partial charge in [0, 0.05) is 11.3 Å². The molecule has 0 fully saturated rings. The second-order valence-electron chi connectivity index (χ2n) is 7.59. The minimum atomic E-state index is -3.85. The molecule has 35 heavy (non-hydrogen) atoms. The van der Waals surface area contributed by atoms with Crippen molar-refractivity contribution in [3.63, 3.8) is 0 Å². The third-order valence-corrected chi connectivity index (χ3v) is 7.40. The highest BCUT2D eigenvalue weighted by molar-refractivity contribution is 8.00. The number of benzene rings is 2. The molecule has 1 amide bonds. The molecule has 0 saturated heterocycles. The lowest BCUT2D eigenvalue weighted by molar-refractivity contribution is -0.115.